The lowest BCUT2D eigenvalue weighted by Crippen LogP contribution is -2.50. The fourth-order valence-corrected chi connectivity index (χ4v) is 3.83. The van der Waals surface area contributed by atoms with Crippen LogP contribution in [0.3, 0.4) is 0 Å². The van der Waals surface area contributed by atoms with Gasteiger partial charge in [0, 0.05) is 50.6 Å². The van der Waals surface area contributed by atoms with Gasteiger partial charge in [0.2, 0.25) is 0 Å². The number of fused-ring (bicyclic) bond motifs is 1. The van der Waals surface area contributed by atoms with Gasteiger partial charge in [-0.3, -0.25) is 14.7 Å². The number of carbonyl (C=O) groups is 1. The number of piperazine rings is 1. The lowest BCUT2D eigenvalue weighted by molar-refractivity contribution is 0.186. The first-order valence-electron chi connectivity index (χ1n) is 9.34. The predicted molar refractivity (Wildman–Crippen MR) is 113 cm³/mol. The monoisotopic (exact) mass is 414 g/mol. The topological polar surface area (TPSA) is 92.6 Å². The number of aromatic nitrogens is 3. The number of methoxy groups -OCH3 is 1. The molecule has 0 atom stereocenters. The summed E-state index contributed by atoms with van der Waals surface area (Å²) < 4.78 is 6.60. The molecule has 1 aliphatic rings. The van der Waals surface area contributed by atoms with E-state index in [-0.39, 0.29) is 11.6 Å². The summed E-state index contributed by atoms with van der Waals surface area (Å²) in [6, 6.07) is 5.57. The van der Waals surface area contributed by atoms with Gasteiger partial charge in [-0.15, -0.1) is 11.3 Å². The van der Waals surface area contributed by atoms with Crippen molar-refractivity contribution in [1.82, 2.24) is 19.4 Å². The summed E-state index contributed by atoms with van der Waals surface area (Å²) in [6.45, 7) is 3.59. The minimum atomic E-state index is -0.128. The maximum absolute atomic E-state index is 12.6. The molecule has 2 amide bonds. The van der Waals surface area contributed by atoms with Crippen LogP contribution in [-0.2, 0) is 11.3 Å². The van der Waals surface area contributed by atoms with Crippen LogP contribution in [-0.4, -0.2) is 65.4 Å². The molecular weight excluding hydrogens is 392 g/mol. The van der Waals surface area contributed by atoms with E-state index in [1.807, 2.05) is 23.6 Å². The van der Waals surface area contributed by atoms with Gasteiger partial charge < -0.3 is 14.5 Å². The van der Waals surface area contributed by atoms with Gasteiger partial charge in [0.15, 0.2) is 5.13 Å². The Labute approximate surface area is 171 Å². The minimum Gasteiger partial charge on any atom is -0.383 e. The maximum Gasteiger partial charge on any atom is 0.323 e. The van der Waals surface area contributed by atoms with Crippen LogP contribution >= 0.6 is 11.3 Å². The lowest BCUT2D eigenvalue weighted by atomic mass is 10.2. The number of nitrogens with one attached hydrogen (secondary N) is 1. The van der Waals surface area contributed by atoms with E-state index in [1.165, 1.54) is 11.3 Å². The number of hydrogen-bond acceptors (Lipinski definition) is 7. The standard InChI is InChI=1S/C19H22N6O3S/c1-28-10-9-25-13-21-16-12-14(2-3-15(16)17(25)26)23-5-7-24(8-6-23)19(27)22-18-20-4-11-29-18/h2-4,11-13H,5-10H2,1H3,(H,20,22,27). The number of carbonyl (C=O) groups excluding carboxylic acids is 1. The Morgan fingerprint density at radius 3 is 2.79 bits per heavy atom. The third-order valence-electron chi connectivity index (χ3n) is 4.92. The molecule has 0 spiro atoms. The Kier molecular flexibility index (Phi) is 5.72. The van der Waals surface area contributed by atoms with Gasteiger partial charge in [0.25, 0.3) is 5.56 Å². The van der Waals surface area contributed by atoms with E-state index < -0.39 is 0 Å². The van der Waals surface area contributed by atoms with Crippen molar-refractivity contribution in [2.24, 2.45) is 0 Å². The van der Waals surface area contributed by atoms with E-state index in [4.69, 9.17) is 4.74 Å². The molecular formula is C19H22N6O3S. The number of hydrogen-bond donors (Lipinski definition) is 1. The molecule has 0 saturated carbocycles. The molecule has 29 heavy (non-hydrogen) atoms. The van der Waals surface area contributed by atoms with Crippen molar-refractivity contribution in [1.29, 1.82) is 0 Å². The predicted octanol–water partition coefficient (Wildman–Crippen LogP) is 1.85. The number of benzene rings is 1. The zero-order valence-electron chi connectivity index (χ0n) is 16.1. The third kappa shape index (κ3) is 4.22. The van der Waals surface area contributed by atoms with Crippen molar-refractivity contribution in [3.05, 3.63) is 46.5 Å². The van der Waals surface area contributed by atoms with Crippen LogP contribution in [0.15, 0.2) is 40.9 Å². The lowest BCUT2D eigenvalue weighted by Gasteiger charge is -2.35. The zero-order valence-corrected chi connectivity index (χ0v) is 16.9. The fourth-order valence-electron chi connectivity index (χ4n) is 3.32. The molecule has 1 aliphatic heterocycles. The number of ether oxygens (including phenoxy) is 1. The molecule has 152 valence electrons. The normalized spacial score (nSPS) is 14.4. The molecule has 1 aromatic carbocycles. The molecule has 4 rings (SSSR count). The molecule has 0 unspecified atom stereocenters. The summed E-state index contributed by atoms with van der Waals surface area (Å²) in [7, 11) is 1.61. The summed E-state index contributed by atoms with van der Waals surface area (Å²) in [5.41, 5.74) is 1.60. The SMILES string of the molecule is COCCn1cnc2cc(N3CCN(C(=O)Nc4nccs4)CC3)ccc2c1=O. The maximum atomic E-state index is 12.6. The third-order valence-corrected chi connectivity index (χ3v) is 5.61. The second-order valence-electron chi connectivity index (χ2n) is 6.68. The molecule has 0 aliphatic carbocycles. The largest absolute Gasteiger partial charge is 0.383 e. The van der Waals surface area contributed by atoms with Gasteiger partial charge in [0.1, 0.15) is 0 Å². The molecule has 1 fully saturated rings. The quantitative estimate of drug-likeness (QED) is 0.685. The second-order valence-corrected chi connectivity index (χ2v) is 7.57. The van der Waals surface area contributed by atoms with E-state index in [0.29, 0.717) is 55.4 Å². The van der Waals surface area contributed by atoms with Gasteiger partial charge in [0.05, 0.1) is 30.4 Å². The highest BCUT2D eigenvalue weighted by molar-refractivity contribution is 7.13. The summed E-state index contributed by atoms with van der Waals surface area (Å²) in [6.07, 6.45) is 3.23. The van der Waals surface area contributed by atoms with Gasteiger partial charge in [-0.2, -0.15) is 0 Å². The number of anilines is 2. The van der Waals surface area contributed by atoms with E-state index in [2.05, 4.69) is 20.2 Å². The highest BCUT2D eigenvalue weighted by Gasteiger charge is 2.22. The van der Waals surface area contributed by atoms with Gasteiger partial charge in [-0.1, -0.05) is 0 Å². The summed E-state index contributed by atoms with van der Waals surface area (Å²) in [4.78, 5) is 37.4. The molecule has 9 nitrogen and oxygen atoms in total. The Bertz CT molecular complexity index is 1040. The minimum absolute atomic E-state index is 0.0673. The Balaban J connectivity index is 1.43. The van der Waals surface area contributed by atoms with Crippen LogP contribution in [0.25, 0.3) is 10.9 Å². The van der Waals surface area contributed by atoms with Crippen molar-refractivity contribution >= 4 is 39.1 Å². The van der Waals surface area contributed by atoms with Crippen molar-refractivity contribution in [2.75, 3.05) is 50.1 Å². The summed E-state index contributed by atoms with van der Waals surface area (Å²) in [5.74, 6) is 0. The van der Waals surface area contributed by atoms with Crippen LogP contribution in [0.2, 0.25) is 0 Å². The Hall–Kier alpha value is -2.98. The average molecular weight is 414 g/mol. The molecule has 3 heterocycles. The van der Waals surface area contributed by atoms with Crippen molar-refractivity contribution in [3.8, 4) is 0 Å². The van der Waals surface area contributed by atoms with Crippen molar-refractivity contribution in [3.63, 3.8) is 0 Å². The molecule has 0 radical (unpaired) electrons. The smallest absolute Gasteiger partial charge is 0.323 e. The van der Waals surface area contributed by atoms with Gasteiger partial charge >= 0.3 is 6.03 Å². The van der Waals surface area contributed by atoms with Crippen molar-refractivity contribution in [2.45, 2.75) is 6.54 Å². The molecule has 1 N–H and O–H groups in total. The number of urea groups is 1. The summed E-state index contributed by atoms with van der Waals surface area (Å²) >= 11 is 1.40. The Morgan fingerprint density at radius 1 is 1.24 bits per heavy atom. The molecule has 3 aromatic rings. The summed E-state index contributed by atoms with van der Waals surface area (Å²) in [5, 5.41) is 5.84. The highest BCUT2D eigenvalue weighted by atomic mass is 32.1. The molecule has 2 aromatic heterocycles. The van der Waals surface area contributed by atoms with Crippen LogP contribution in [0.1, 0.15) is 0 Å². The first-order valence-corrected chi connectivity index (χ1v) is 10.2. The van der Waals surface area contributed by atoms with E-state index in [0.717, 1.165) is 5.69 Å². The van der Waals surface area contributed by atoms with Crippen molar-refractivity contribution < 1.29 is 9.53 Å². The molecule has 1 saturated heterocycles. The van der Waals surface area contributed by atoms with E-state index in [1.54, 1.807) is 29.1 Å². The van der Waals surface area contributed by atoms with Crippen LogP contribution in [0.4, 0.5) is 15.6 Å². The first kappa shape index (κ1) is 19.3. The second kappa shape index (κ2) is 8.58. The van der Waals surface area contributed by atoms with Gasteiger partial charge in [-0.05, 0) is 18.2 Å². The number of nitrogens with zero attached hydrogens (tertiary/aromatic N) is 5. The fraction of sp³-hybridized carbons (Fsp3) is 0.368. The van der Waals surface area contributed by atoms with Crippen LogP contribution in [0, 0.1) is 0 Å². The Morgan fingerprint density at radius 2 is 2.07 bits per heavy atom. The first-order chi connectivity index (χ1) is 14.2. The van der Waals surface area contributed by atoms with E-state index in [9.17, 15) is 9.59 Å². The number of rotatable bonds is 5. The molecule has 10 heteroatoms. The van der Waals surface area contributed by atoms with Crippen LogP contribution in [0.5, 0.6) is 0 Å². The number of thiazole rings is 1. The average Bonchev–Trinajstić information content (AvgIpc) is 3.26. The van der Waals surface area contributed by atoms with Crippen LogP contribution < -0.4 is 15.8 Å². The van der Waals surface area contributed by atoms with Gasteiger partial charge in [-0.25, -0.2) is 14.8 Å². The zero-order chi connectivity index (χ0) is 20.2. The molecule has 0 bridgehead atoms. The highest BCUT2D eigenvalue weighted by Crippen LogP contribution is 2.21. The van der Waals surface area contributed by atoms with E-state index >= 15 is 0 Å². The number of amides is 2.